The van der Waals surface area contributed by atoms with Gasteiger partial charge in [0.25, 0.3) is 0 Å². The average molecular weight is 355 g/mol. The summed E-state index contributed by atoms with van der Waals surface area (Å²) in [5.74, 6) is 1.59. The minimum Gasteiger partial charge on any atom is -0.490 e. The maximum Gasteiger partial charge on any atom is 0.233 e. The van der Waals surface area contributed by atoms with Gasteiger partial charge in [-0.15, -0.1) is 5.10 Å². The standard InChI is InChI=1S/C19H25N5O2/c1-14-5-7-15(8-6-14)26-16-9-12-23(13-10-16)19(25)17-4-2-3-11-24-18(17)20-21-22-24/h5-8,16-17H,2-4,9-13H2,1H3/t17-/m0/s1. The van der Waals surface area contributed by atoms with Crippen LogP contribution >= 0.6 is 0 Å². The molecule has 2 aliphatic rings. The molecule has 7 nitrogen and oxygen atoms in total. The molecule has 26 heavy (non-hydrogen) atoms. The summed E-state index contributed by atoms with van der Waals surface area (Å²) in [6.07, 6.45) is 4.76. The molecular weight excluding hydrogens is 330 g/mol. The third-order valence-electron chi connectivity index (χ3n) is 5.36. The quantitative estimate of drug-likeness (QED) is 0.845. The van der Waals surface area contributed by atoms with Crippen molar-refractivity contribution in [2.45, 2.75) is 57.6 Å². The molecular formula is C19H25N5O2. The lowest BCUT2D eigenvalue weighted by molar-refractivity contribution is -0.135. The zero-order chi connectivity index (χ0) is 17.9. The number of amides is 1. The van der Waals surface area contributed by atoms with Gasteiger partial charge in [0.05, 0.1) is 5.92 Å². The summed E-state index contributed by atoms with van der Waals surface area (Å²) in [5.41, 5.74) is 1.23. The molecule has 4 rings (SSSR count). The van der Waals surface area contributed by atoms with Gasteiger partial charge in [0.15, 0.2) is 5.82 Å². The first-order chi connectivity index (χ1) is 12.7. The third kappa shape index (κ3) is 3.57. The van der Waals surface area contributed by atoms with Crippen LogP contribution in [0.25, 0.3) is 0 Å². The second-order valence-corrected chi connectivity index (χ2v) is 7.26. The van der Waals surface area contributed by atoms with Gasteiger partial charge in [-0.3, -0.25) is 4.79 Å². The molecule has 0 radical (unpaired) electrons. The number of ether oxygens (including phenoxy) is 1. The Labute approximate surface area is 153 Å². The number of fused-ring (bicyclic) bond motifs is 1. The number of likely N-dealkylation sites (tertiary alicyclic amines) is 1. The van der Waals surface area contributed by atoms with Gasteiger partial charge in [-0.1, -0.05) is 24.1 Å². The van der Waals surface area contributed by atoms with Crippen molar-refractivity contribution in [2.75, 3.05) is 13.1 Å². The van der Waals surface area contributed by atoms with Crippen LogP contribution in [0.2, 0.25) is 0 Å². The largest absolute Gasteiger partial charge is 0.490 e. The van der Waals surface area contributed by atoms with E-state index in [-0.39, 0.29) is 17.9 Å². The fraction of sp³-hybridized carbons (Fsp3) is 0.579. The van der Waals surface area contributed by atoms with Crippen LogP contribution in [0, 0.1) is 6.92 Å². The fourth-order valence-electron chi connectivity index (χ4n) is 3.82. The first kappa shape index (κ1) is 17.0. The van der Waals surface area contributed by atoms with Crippen LogP contribution in [0.5, 0.6) is 5.75 Å². The molecule has 0 aliphatic carbocycles. The Morgan fingerprint density at radius 1 is 1.08 bits per heavy atom. The molecule has 1 amide bonds. The van der Waals surface area contributed by atoms with E-state index in [0.29, 0.717) is 0 Å². The molecule has 3 heterocycles. The molecule has 7 heteroatoms. The lowest BCUT2D eigenvalue weighted by atomic mass is 9.98. The van der Waals surface area contributed by atoms with Crippen LogP contribution in [0.15, 0.2) is 24.3 Å². The summed E-state index contributed by atoms with van der Waals surface area (Å²) in [7, 11) is 0. The van der Waals surface area contributed by atoms with Crippen molar-refractivity contribution in [1.82, 2.24) is 25.1 Å². The van der Waals surface area contributed by atoms with Crippen molar-refractivity contribution in [3.8, 4) is 5.75 Å². The Bertz CT molecular complexity index is 750. The van der Waals surface area contributed by atoms with Gasteiger partial charge >= 0.3 is 0 Å². The molecule has 138 valence electrons. The number of aromatic nitrogens is 4. The highest BCUT2D eigenvalue weighted by Gasteiger charge is 2.33. The lowest BCUT2D eigenvalue weighted by Crippen LogP contribution is -2.44. The summed E-state index contributed by atoms with van der Waals surface area (Å²) < 4.78 is 7.87. The number of hydrogen-bond acceptors (Lipinski definition) is 5. The van der Waals surface area contributed by atoms with Gasteiger partial charge < -0.3 is 9.64 Å². The van der Waals surface area contributed by atoms with E-state index in [4.69, 9.17) is 4.74 Å². The van der Waals surface area contributed by atoms with Crippen LogP contribution in [-0.4, -0.2) is 50.2 Å². The van der Waals surface area contributed by atoms with Gasteiger partial charge in [-0.05, 0) is 42.3 Å². The summed E-state index contributed by atoms with van der Waals surface area (Å²) in [5, 5.41) is 11.9. The van der Waals surface area contributed by atoms with Crippen molar-refractivity contribution in [3.05, 3.63) is 35.7 Å². The van der Waals surface area contributed by atoms with Crippen LogP contribution in [0.1, 0.15) is 49.4 Å². The van der Waals surface area contributed by atoms with E-state index in [1.54, 1.807) is 4.68 Å². The molecule has 0 bridgehead atoms. The van der Waals surface area contributed by atoms with E-state index in [1.165, 1.54) is 5.56 Å². The predicted molar refractivity (Wildman–Crippen MR) is 95.8 cm³/mol. The monoisotopic (exact) mass is 355 g/mol. The topological polar surface area (TPSA) is 73.1 Å². The number of hydrogen-bond donors (Lipinski definition) is 0. The Hall–Kier alpha value is -2.44. The number of benzene rings is 1. The van der Waals surface area contributed by atoms with Crippen LogP contribution in [-0.2, 0) is 11.3 Å². The molecule has 1 fully saturated rings. The van der Waals surface area contributed by atoms with E-state index < -0.39 is 0 Å². The zero-order valence-corrected chi connectivity index (χ0v) is 15.2. The number of carbonyl (C=O) groups excluding carboxylic acids is 1. The normalized spacial score (nSPS) is 21.1. The number of carbonyl (C=O) groups is 1. The summed E-state index contributed by atoms with van der Waals surface area (Å²) >= 11 is 0. The van der Waals surface area contributed by atoms with Crippen LogP contribution in [0.4, 0.5) is 0 Å². The molecule has 1 aromatic carbocycles. The molecule has 1 atom stereocenters. The molecule has 0 N–H and O–H groups in total. The number of tetrazole rings is 1. The first-order valence-electron chi connectivity index (χ1n) is 9.49. The molecule has 0 spiro atoms. The third-order valence-corrected chi connectivity index (χ3v) is 5.36. The van der Waals surface area contributed by atoms with Crippen LogP contribution in [0.3, 0.4) is 0 Å². The van der Waals surface area contributed by atoms with Gasteiger partial charge in [0, 0.05) is 32.5 Å². The highest BCUT2D eigenvalue weighted by atomic mass is 16.5. The van der Waals surface area contributed by atoms with E-state index in [1.807, 2.05) is 17.0 Å². The van der Waals surface area contributed by atoms with Gasteiger partial charge in [0.1, 0.15) is 11.9 Å². The van der Waals surface area contributed by atoms with Crippen molar-refractivity contribution < 1.29 is 9.53 Å². The minimum atomic E-state index is -0.206. The van der Waals surface area contributed by atoms with Crippen molar-refractivity contribution in [2.24, 2.45) is 0 Å². The molecule has 2 aromatic rings. The Balaban J connectivity index is 1.36. The van der Waals surface area contributed by atoms with Crippen molar-refractivity contribution in [1.29, 1.82) is 0 Å². The summed E-state index contributed by atoms with van der Waals surface area (Å²) in [6.45, 7) is 4.33. The smallest absolute Gasteiger partial charge is 0.233 e. The van der Waals surface area contributed by atoms with E-state index in [2.05, 4.69) is 34.6 Å². The highest BCUT2D eigenvalue weighted by molar-refractivity contribution is 5.83. The maximum absolute atomic E-state index is 13.0. The highest BCUT2D eigenvalue weighted by Crippen LogP contribution is 2.28. The Morgan fingerprint density at radius 3 is 2.62 bits per heavy atom. The van der Waals surface area contributed by atoms with E-state index in [9.17, 15) is 4.79 Å². The lowest BCUT2D eigenvalue weighted by Gasteiger charge is -2.34. The molecule has 0 unspecified atom stereocenters. The second-order valence-electron chi connectivity index (χ2n) is 7.26. The Morgan fingerprint density at radius 2 is 1.85 bits per heavy atom. The molecule has 1 saturated heterocycles. The number of rotatable bonds is 3. The molecule has 1 aromatic heterocycles. The van der Waals surface area contributed by atoms with E-state index in [0.717, 1.165) is 63.3 Å². The molecule has 0 saturated carbocycles. The second kappa shape index (κ2) is 7.43. The van der Waals surface area contributed by atoms with Crippen LogP contribution < -0.4 is 4.74 Å². The van der Waals surface area contributed by atoms with Crippen molar-refractivity contribution in [3.63, 3.8) is 0 Å². The Kier molecular flexibility index (Phi) is 4.86. The molecule has 2 aliphatic heterocycles. The first-order valence-corrected chi connectivity index (χ1v) is 9.49. The van der Waals surface area contributed by atoms with Gasteiger partial charge in [-0.2, -0.15) is 0 Å². The summed E-state index contributed by atoms with van der Waals surface area (Å²) in [6, 6.07) is 8.14. The SMILES string of the molecule is Cc1ccc(OC2CCN(C(=O)[C@H]3CCCCn4nnnc43)CC2)cc1. The number of aryl methyl sites for hydroxylation is 2. The summed E-state index contributed by atoms with van der Waals surface area (Å²) in [4.78, 5) is 15.0. The fourth-order valence-corrected chi connectivity index (χ4v) is 3.82. The van der Waals surface area contributed by atoms with Gasteiger partial charge in [-0.25, -0.2) is 4.68 Å². The number of nitrogens with zero attached hydrogens (tertiary/aromatic N) is 5. The minimum absolute atomic E-state index is 0.164. The van der Waals surface area contributed by atoms with E-state index >= 15 is 0 Å². The van der Waals surface area contributed by atoms with Crippen molar-refractivity contribution >= 4 is 5.91 Å². The average Bonchev–Trinajstić information content (AvgIpc) is 3.03. The zero-order valence-electron chi connectivity index (χ0n) is 15.2. The predicted octanol–water partition coefficient (Wildman–Crippen LogP) is 2.32. The maximum atomic E-state index is 13.0. The number of piperidine rings is 1. The van der Waals surface area contributed by atoms with Gasteiger partial charge in [0.2, 0.25) is 5.91 Å².